The number of benzene rings is 1. The van der Waals surface area contributed by atoms with E-state index in [2.05, 4.69) is 27.0 Å². The van der Waals surface area contributed by atoms with Gasteiger partial charge in [-0.1, -0.05) is 24.3 Å². The van der Waals surface area contributed by atoms with Crippen LogP contribution in [-0.2, 0) is 16.0 Å². The number of aromatic nitrogens is 2. The molecule has 2 heterocycles. The van der Waals surface area contributed by atoms with Crippen LogP contribution in [0.1, 0.15) is 25.8 Å². The van der Waals surface area contributed by atoms with Gasteiger partial charge >= 0.3 is 0 Å². The first kappa shape index (κ1) is 24.0. The molecule has 1 aromatic carbocycles. The molecule has 1 aliphatic rings. The minimum absolute atomic E-state index is 0.251. The average Bonchev–Trinajstić information content (AvgIpc) is 3.08. The van der Waals surface area contributed by atoms with Gasteiger partial charge in [-0.25, -0.2) is 9.97 Å². The second-order valence-electron chi connectivity index (χ2n) is 6.40. The predicted octanol–water partition coefficient (Wildman–Crippen LogP) is 1.40. The van der Waals surface area contributed by atoms with Gasteiger partial charge in [0.1, 0.15) is 5.82 Å². The number of β-amino-alcohol motifs (C(OH)–C–C–N with tert-alkyl or cyclic N) is 1. The molecular formula is C20H28N4O5. The number of hydrogen-bond donors (Lipinski definition) is 4. The molecule has 5 N–H and O–H groups in total. The largest absolute Gasteiger partial charge is 0.481 e. The molecule has 158 valence electrons. The molecule has 2 aromatic rings. The number of aliphatic hydroxyl groups is 1. The second kappa shape index (κ2) is 12.4. The fourth-order valence-corrected chi connectivity index (χ4v) is 2.60. The van der Waals surface area contributed by atoms with Gasteiger partial charge in [-0.05, 0) is 31.0 Å². The van der Waals surface area contributed by atoms with Crippen LogP contribution in [0.25, 0.3) is 11.4 Å². The number of anilines is 1. The van der Waals surface area contributed by atoms with E-state index < -0.39 is 11.9 Å². The van der Waals surface area contributed by atoms with Crippen LogP contribution in [0.5, 0.6) is 0 Å². The Morgan fingerprint density at radius 1 is 1.14 bits per heavy atom. The zero-order valence-electron chi connectivity index (χ0n) is 16.7. The van der Waals surface area contributed by atoms with E-state index in [0.29, 0.717) is 18.9 Å². The van der Waals surface area contributed by atoms with Gasteiger partial charge in [0.05, 0.1) is 6.10 Å². The van der Waals surface area contributed by atoms with E-state index in [0.717, 1.165) is 44.6 Å². The van der Waals surface area contributed by atoms with E-state index in [1.54, 1.807) is 6.20 Å². The lowest BCUT2D eigenvalue weighted by atomic mass is 10.1. The Kier molecular flexibility index (Phi) is 10.3. The quantitative estimate of drug-likeness (QED) is 0.593. The number of aliphatic carboxylic acids is 2. The first-order chi connectivity index (χ1) is 13.7. The van der Waals surface area contributed by atoms with Crippen LogP contribution in [-0.4, -0.2) is 63.0 Å². The molecule has 0 bridgehead atoms. The van der Waals surface area contributed by atoms with Gasteiger partial charge in [0.2, 0.25) is 0 Å². The molecule has 29 heavy (non-hydrogen) atoms. The highest BCUT2D eigenvalue weighted by molar-refractivity contribution is 5.63. The number of aliphatic hydroxyl groups excluding tert-OH is 1. The van der Waals surface area contributed by atoms with Gasteiger partial charge in [-0.3, -0.25) is 9.59 Å². The van der Waals surface area contributed by atoms with Crippen molar-refractivity contribution in [2.75, 3.05) is 24.5 Å². The molecule has 0 spiro atoms. The molecule has 9 heteroatoms. The molecule has 1 atom stereocenters. The molecule has 0 aliphatic carbocycles. The summed E-state index contributed by atoms with van der Waals surface area (Å²) in [5.74, 6) is -0.0734. The monoisotopic (exact) mass is 404 g/mol. The summed E-state index contributed by atoms with van der Waals surface area (Å²) in [6.45, 7) is 4.31. The van der Waals surface area contributed by atoms with Crippen molar-refractivity contribution in [1.82, 2.24) is 9.97 Å². The van der Waals surface area contributed by atoms with E-state index in [1.165, 1.54) is 5.56 Å². The van der Waals surface area contributed by atoms with Gasteiger partial charge in [-0.2, -0.15) is 0 Å². The number of rotatable bonds is 4. The first-order valence-corrected chi connectivity index (χ1v) is 9.17. The van der Waals surface area contributed by atoms with Crippen molar-refractivity contribution < 1.29 is 24.9 Å². The number of carboxylic acids is 2. The maximum atomic E-state index is 9.63. The smallest absolute Gasteiger partial charge is 0.300 e. The summed E-state index contributed by atoms with van der Waals surface area (Å²) < 4.78 is 0. The summed E-state index contributed by atoms with van der Waals surface area (Å²) in [5, 5.41) is 24.5. The third-order valence-corrected chi connectivity index (χ3v) is 3.77. The predicted molar refractivity (Wildman–Crippen MR) is 110 cm³/mol. The Morgan fingerprint density at radius 2 is 1.72 bits per heavy atom. The molecule has 0 radical (unpaired) electrons. The summed E-state index contributed by atoms with van der Waals surface area (Å²) in [6.07, 6.45) is 3.20. The van der Waals surface area contributed by atoms with Gasteiger partial charge in [0, 0.05) is 38.7 Å². The SMILES string of the molecule is CC(=O)O.CC(=O)O.NCCc1ccc(-c2nccc(N3CCC(O)C3)n2)cc1. The topological polar surface area (TPSA) is 150 Å². The van der Waals surface area contributed by atoms with E-state index in [4.69, 9.17) is 25.5 Å². The highest BCUT2D eigenvalue weighted by atomic mass is 16.4. The molecule has 3 rings (SSSR count). The van der Waals surface area contributed by atoms with Crippen LogP contribution in [0.15, 0.2) is 36.5 Å². The first-order valence-electron chi connectivity index (χ1n) is 9.17. The molecule has 0 saturated carbocycles. The highest BCUT2D eigenvalue weighted by Gasteiger charge is 2.21. The Morgan fingerprint density at radius 3 is 2.21 bits per heavy atom. The van der Waals surface area contributed by atoms with E-state index in [9.17, 15) is 5.11 Å². The van der Waals surface area contributed by atoms with Crippen LogP contribution >= 0.6 is 0 Å². The molecule has 1 aromatic heterocycles. The lowest BCUT2D eigenvalue weighted by Gasteiger charge is -2.16. The van der Waals surface area contributed by atoms with Gasteiger partial charge in [0.15, 0.2) is 5.82 Å². The van der Waals surface area contributed by atoms with Crippen molar-refractivity contribution in [2.45, 2.75) is 32.8 Å². The van der Waals surface area contributed by atoms with Gasteiger partial charge < -0.3 is 26.0 Å². The molecule has 9 nitrogen and oxygen atoms in total. The van der Waals surface area contributed by atoms with Crippen LogP contribution in [0, 0.1) is 0 Å². The minimum atomic E-state index is -0.833. The third kappa shape index (κ3) is 9.63. The lowest BCUT2D eigenvalue weighted by Crippen LogP contribution is -2.22. The fourth-order valence-electron chi connectivity index (χ4n) is 2.60. The number of carboxylic acid groups (broad SMARTS) is 2. The Labute approximate surface area is 169 Å². The summed E-state index contributed by atoms with van der Waals surface area (Å²) in [4.78, 5) is 29.1. The van der Waals surface area contributed by atoms with Gasteiger partial charge in [-0.15, -0.1) is 0 Å². The normalized spacial score (nSPS) is 14.9. The van der Waals surface area contributed by atoms with Gasteiger partial charge in [0.25, 0.3) is 11.9 Å². The van der Waals surface area contributed by atoms with Crippen LogP contribution in [0.4, 0.5) is 5.82 Å². The summed E-state index contributed by atoms with van der Waals surface area (Å²) in [6, 6.07) is 10.1. The van der Waals surface area contributed by atoms with Crippen molar-refractivity contribution in [3.05, 3.63) is 42.1 Å². The molecule has 0 amide bonds. The molecule has 1 aliphatic heterocycles. The minimum Gasteiger partial charge on any atom is -0.481 e. The zero-order chi connectivity index (χ0) is 21.8. The van der Waals surface area contributed by atoms with E-state index in [1.807, 2.05) is 18.2 Å². The lowest BCUT2D eigenvalue weighted by molar-refractivity contribution is -0.135. The zero-order valence-corrected chi connectivity index (χ0v) is 16.7. The standard InChI is InChI=1S/C16H20N4O.2C2H4O2/c17-8-5-12-1-3-13(4-2-12)16-18-9-6-15(19-16)20-10-7-14(21)11-20;2*1-2(3)4/h1-4,6,9,14,21H,5,7-8,10-11,17H2;2*1H3,(H,3,4). The van der Waals surface area contributed by atoms with Crippen molar-refractivity contribution in [3.8, 4) is 11.4 Å². The van der Waals surface area contributed by atoms with Crippen molar-refractivity contribution in [1.29, 1.82) is 0 Å². The maximum Gasteiger partial charge on any atom is 0.300 e. The summed E-state index contributed by atoms with van der Waals surface area (Å²) >= 11 is 0. The Bertz CT molecular complexity index is 763. The third-order valence-electron chi connectivity index (χ3n) is 3.77. The van der Waals surface area contributed by atoms with Crippen LogP contribution in [0.2, 0.25) is 0 Å². The number of nitrogens with zero attached hydrogens (tertiary/aromatic N) is 3. The molecule has 1 saturated heterocycles. The number of nitrogens with two attached hydrogens (primary N) is 1. The van der Waals surface area contributed by atoms with E-state index in [-0.39, 0.29) is 6.10 Å². The fraction of sp³-hybridized carbons (Fsp3) is 0.400. The van der Waals surface area contributed by atoms with Crippen molar-refractivity contribution >= 4 is 17.8 Å². The molecule has 1 fully saturated rings. The second-order valence-corrected chi connectivity index (χ2v) is 6.40. The summed E-state index contributed by atoms with van der Waals surface area (Å²) in [5.41, 5.74) is 7.78. The number of carbonyl (C=O) groups is 2. The highest BCUT2D eigenvalue weighted by Crippen LogP contribution is 2.22. The number of hydrogen-bond acceptors (Lipinski definition) is 7. The molecular weight excluding hydrogens is 376 g/mol. The maximum absolute atomic E-state index is 9.63. The van der Waals surface area contributed by atoms with Crippen LogP contribution < -0.4 is 10.6 Å². The summed E-state index contributed by atoms with van der Waals surface area (Å²) in [7, 11) is 0. The van der Waals surface area contributed by atoms with E-state index >= 15 is 0 Å². The van der Waals surface area contributed by atoms with Crippen molar-refractivity contribution in [2.24, 2.45) is 5.73 Å². The Balaban J connectivity index is 0.000000452. The average molecular weight is 404 g/mol. The Hall–Kier alpha value is -3.04. The van der Waals surface area contributed by atoms with Crippen molar-refractivity contribution in [3.63, 3.8) is 0 Å². The van der Waals surface area contributed by atoms with Crippen LogP contribution in [0.3, 0.4) is 0 Å². The molecule has 1 unspecified atom stereocenters.